The van der Waals surface area contributed by atoms with Gasteiger partial charge in [-0.05, 0) is 61.6 Å². The number of nitrogens with one attached hydrogen (secondary N) is 1. The molecule has 2 aromatic carbocycles. The molecule has 0 fully saturated rings. The van der Waals surface area contributed by atoms with E-state index in [2.05, 4.69) is 5.32 Å². The van der Waals surface area contributed by atoms with Gasteiger partial charge in [0.1, 0.15) is 5.82 Å². The SMILES string of the molecule is CCOC(=O)C1=C(C)NC2=C(C(=O)C[C@H](c3ccc(OC)c(OC)c3)C2)[C@@H]1c1ccc(F)cc1. The van der Waals surface area contributed by atoms with E-state index in [0.29, 0.717) is 40.3 Å². The highest BCUT2D eigenvalue weighted by molar-refractivity contribution is 6.04. The molecule has 1 aliphatic heterocycles. The van der Waals surface area contributed by atoms with Gasteiger partial charge in [-0.3, -0.25) is 4.79 Å². The van der Waals surface area contributed by atoms with E-state index < -0.39 is 11.9 Å². The molecule has 0 bridgehead atoms. The molecule has 2 aromatic rings. The monoisotopic (exact) mass is 465 g/mol. The number of benzene rings is 2. The number of allylic oxidation sites excluding steroid dienone is 3. The van der Waals surface area contributed by atoms with Gasteiger partial charge < -0.3 is 19.5 Å². The van der Waals surface area contributed by atoms with Crippen LogP contribution < -0.4 is 14.8 Å². The smallest absolute Gasteiger partial charge is 0.336 e. The van der Waals surface area contributed by atoms with Gasteiger partial charge >= 0.3 is 5.97 Å². The third-order valence-electron chi connectivity index (χ3n) is 6.41. The second kappa shape index (κ2) is 9.71. The van der Waals surface area contributed by atoms with Crippen molar-refractivity contribution in [1.29, 1.82) is 0 Å². The van der Waals surface area contributed by atoms with Crippen LogP contribution in [0.1, 0.15) is 49.7 Å². The molecule has 0 aromatic heterocycles. The average molecular weight is 466 g/mol. The van der Waals surface area contributed by atoms with Crippen molar-refractivity contribution < 1.29 is 28.2 Å². The molecule has 0 spiro atoms. The van der Waals surface area contributed by atoms with Gasteiger partial charge in [0.05, 0.1) is 26.4 Å². The Kier molecular flexibility index (Phi) is 6.72. The number of ketones is 1. The van der Waals surface area contributed by atoms with Crippen molar-refractivity contribution >= 4 is 11.8 Å². The highest BCUT2D eigenvalue weighted by atomic mass is 19.1. The van der Waals surface area contributed by atoms with Gasteiger partial charge in [-0.2, -0.15) is 0 Å². The average Bonchev–Trinajstić information content (AvgIpc) is 2.83. The lowest BCUT2D eigenvalue weighted by molar-refractivity contribution is -0.138. The first-order chi connectivity index (χ1) is 16.4. The van der Waals surface area contributed by atoms with Crippen molar-refractivity contribution in [3.8, 4) is 11.5 Å². The summed E-state index contributed by atoms with van der Waals surface area (Å²) in [6.07, 6.45) is 0.866. The number of carbonyl (C=O) groups is 2. The summed E-state index contributed by atoms with van der Waals surface area (Å²) in [5.41, 5.74) is 3.97. The van der Waals surface area contributed by atoms with Gasteiger partial charge in [0.25, 0.3) is 0 Å². The van der Waals surface area contributed by atoms with E-state index in [1.54, 1.807) is 40.2 Å². The Hall–Kier alpha value is -3.61. The molecule has 1 heterocycles. The molecule has 0 saturated carbocycles. The first-order valence-corrected chi connectivity index (χ1v) is 11.3. The Morgan fingerprint density at radius 2 is 1.71 bits per heavy atom. The number of ether oxygens (including phenoxy) is 3. The first kappa shape index (κ1) is 23.5. The zero-order valence-electron chi connectivity index (χ0n) is 19.7. The quantitative estimate of drug-likeness (QED) is 0.620. The van der Waals surface area contributed by atoms with Gasteiger partial charge in [0.2, 0.25) is 0 Å². The molecular weight excluding hydrogens is 437 g/mol. The summed E-state index contributed by atoms with van der Waals surface area (Å²) in [6.45, 7) is 3.76. The third kappa shape index (κ3) is 4.30. The molecule has 2 aliphatic rings. The maximum atomic E-state index is 13.7. The third-order valence-corrected chi connectivity index (χ3v) is 6.41. The number of carbonyl (C=O) groups excluding carboxylic acids is 2. The molecule has 7 heteroatoms. The van der Waals surface area contributed by atoms with E-state index in [-0.39, 0.29) is 30.5 Å². The Morgan fingerprint density at radius 1 is 1.03 bits per heavy atom. The zero-order valence-corrected chi connectivity index (χ0v) is 19.7. The minimum absolute atomic E-state index is 0.0582. The molecule has 0 unspecified atom stereocenters. The Morgan fingerprint density at radius 3 is 2.35 bits per heavy atom. The van der Waals surface area contributed by atoms with E-state index >= 15 is 0 Å². The molecule has 1 aliphatic carbocycles. The fraction of sp³-hybridized carbons (Fsp3) is 0.333. The number of esters is 1. The van der Waals surface area contributed by atoms with E-state index in [1.165, 1.54) is 12.1 Å². The minimum atomic E-state index is -0.616. The predicted octanol–water partition coefficient (Wildman–Crippen LogP) is 4.77. The summed E-state index contributed by atoms with van der Waals surface area (Å²) in [6, 6.07) is 11.6. The Bertz CT molecular complexity index is 1180. The summed E-state index contributed by atoms with van der Waals surface area (Å²) in [5.74, 6) is -0.375. The van der Waals surface area contributed by atoms with Crippen molar-refractivity contribution in [2.24, 2.45) is 0 Å². The van der Waals surface area contributed by atoms with Gasteiger partial charge in [0.15, 0.2) is 17.3 Å². The molecule has 6 nitrogen and oxygen atoms in total. The second-order valence-electron chi connectivity index (χ2n) is 8.40. The van der Waals surface area contributed by atoms with Crippen LogP contribution in [0.15, 0.2) is 65.0 Å². The second-order valence-corrected chi connectivity index (χ2v) is 8.40. The van der Waals surface area contributed by atoms with E-state index in [4.69, 9.17) is 14.2 Å². The minimum Gasteiger partial charge on any atom is -0.493 e. The summed E-state index contributed by atoms with van der Waals surface area (Å²) >= 11 is 0. The van der Waals surface area contributed by atoms with Crippen LogP contribution in [-0.2, 0) is 14.3 Å². The summed E-state index contributed by atoms with van der Waals surface area (Å²) in [7, 11) is 3.16. The topological polar surface area (TPSA) is 73.9 Å². The van der Waals surface area contributed by atoms with Crippen molar-refractivity contribution in [2.75, 3.05) is 20.8 Å². The number of halogens is 1. The Balaban J connectivity index is 1.77. The van der Waals surface area contributed by atoms with Gasteiger partial charge in [-0.1, -0.05) is 18.2 Å². The molecule has 2 atom stereocenters. The zero-order chi connectivity index (χ0) is 24.4. The van der Waals surface area contributed by atoms with E-state index in [9.17, 15) is 14.0 Å². The fourth-order valence-electron chi connectivity index (χ4n) is 4.85. The van der Waals surface area contributed by atoms with Crippen LogP contribution in [0.2, 0.25) is 0 Å². The van der Waals surface area contributed by atoms with Crippen LogP contribution in [0.25, 0.3) is 0 Å². The van der Waals surface area contributed by atoms with Crippen LogP contribution in [0.4, 0.5) is 4.39 Å². The van der Waals surface area contributed by atoms with Crippen LogP contribution in [0.3, 0.4) is 0 Å². The standard InChI is InChI=1S/C27H28FNO5/c1-5-34-27(31)24-15(2)29-20-12-18(17-8-11-22(32-3)23(14-17)33-4)13-21(30)26(20)25(24)16-6-9-19(28)10-7-16/h6-11,14,18,25,29H,5,12-13H2,1-4H3/t18-,25-/m1/s1. The van der Waals surface area contributed by atoms with E-state index in [0.717, 1.165) is 11.3 Å². The van der Waals surface area contributed by atoms with Crippen molar-refractivity contribution in [2.45, 2.75) is 38.5 Å². The predicted molar refractivity (Wildman–Crippen MR) is 125 cm³/mol. The van der Waals surface area contributed by atoms with Gasteiger partial charge in [-0.15, -0.1) is 0 Å². The first-order valence-electron chi connectivity index (χ1n) is 11.3. The number of dihydropyridines is 1. The van der Waals surface area contributed by atoms with Crippen LogP contribution in [0.5, 0.6) is 11.5 Å². The van der Waals surface area contributed by atoms with Gasteiger partial charge in [0, 0.05) is 29.3 Å². The number of methoxy groups -OCH3 is 2. The maximum absolute atomic E-state index is 13.7. The maximum Gasteiger partial charge on any atom is 0.336 e. The molecule has 4 rings (SSSR count). The number of hydrogen-bond donors (Lipinski definition) is 1. The largest absolute Gasteiger partial charge is 0.493 e. The highest BCUT2D eigenvalue weighted by Gasteiger charge is 2.41. The molecule has 0 radical (unpaired) electrons. The molecule has 0 amide bonds. The lowest BCUT2D eigenvalue weighted by Crippen LogP contribution is -2.36. The summed E-state index contributed by atoms with van der Waals surface area (Å²) in [4.78, 5) is 26.5. The van der Waals surface area contributed by atoms with Crippen LogP contribution >= 0.6 is 0 Å². The molecular formula is C27H28FNO5. The number of Topliss-reactive ketones (excluding diaryl/α,β-unsaturated/α-hetero) is 1. The molecule has 178 valence electrons. The molecule has 0 saturated heterocycles. The van der Waals surface area contributed by atoms with Crippen molar-refractivity contribution in [1.82, 2.24) is 5.32 Å². The van der Waals surface area contributed by atoms with Crippen molar-refractivity contribution in [3.63, 3.8) is 0 Å². The lowest BCUT2D eigenvalue weighted by atomic mass is 9.71. The lowest BCUT2D eigenvalue weighted by Gasteiger charge is -2.36. The van der Waals surface area contributed by atoms with Gasteiger partial charge in [-0.25, -0.2) is 9.18 Å². The molecule has 1 N–H and O–H groups in total. The Labute approximate surface area is 198 Å². The molecule has 34 heavy (non-hydrogen) atoms. The van der Waals surface area contributed by atoms with E-state index in [1.807, 2.05) is 18.2 Å². The van der Waals surface area contributed by atoms with Crippen LogP contribution in [0, 0.1) is 5.82 Å². The number of hydrogen-bond acceptors (Lipinski definition) is 6. The normalized spacial score (nSPS) is 20.0. The van der Waals surface area contributed by atoms with Crippen LogP contribution in [-0.4, -0.2) is 32.6 Å². The highest BCUT2D eigenvalue weighted by Crippen LogP contribution is 2.46. The fourth-order valence-corrected chi connectivity index (χ4v) is 4.85. The summed E-state index contributed by atoms with van der Waals surface area (Å²) in [5, 5.41) is 3.31. The number of rotatable bonds is 6. The van der Waals surface area contributed by atoms with Crippen molar-refractivity contribution in [3.05, 3.63) is 81.9 Å². The summed E-state index contributed by atoms with van der Waals surface area (Å²) < 4.78 is 29.7.